The van der Waals surface area contributed by atoms with Gasteiger partial charge in [0.25, 0.3) is 0 Å². The predicted octanol–water partition coefficient (Wildman–Crippen LogP) is 4.57. The summed E-state index contributed by atoms with van der Waals surface area (Å²) in [5.41, 5.74) is 0.466. The number of anilines is 1. The number of hydrogen-bond donors (Lipinski definition) is 1. The fraction of sp³-hybridized carbons (Fsp3) is 0.143. The normalized spacial score (nSPS) is 11.8. The summed E-state index contributed by atoms with van der Waals surface area (Å²) >= 11 is 11.8. The Balaban J connectivity index is 2.28. The number of rotatable bonds is 3. The Kier molecular flexibility index (Phi) is 4.43. The van der Waals surface area contributed by atoms with Gasteiger partial charge in [0.1, 0.15) is 17.7 Å². The van der Waals surface area contributed by atoms with Gasteiger partial charge in [-0.1, -0.05) is 29.3 Å². The molecule has 20 heavy (non-hydrogen) atoms. The lowest BCUT2D eigenvalue weighted by molar-refractivity contribution is 0.600. The van der Waals surface area contributed by atoms with Gasteiger partial charge in [0.2, 0.25) is 0 Å². The third kappa shape index (κ3) is 3.01. The van der Waals surface area contributed by atoms with E-state index >= 15 is 0 Å². The van der Waals surface area contributed by atoms with Crippen molar-refractivity contribution in [1.29, 1.82) is 5.26 Å². The smallest absolute Gasteiger partial charge is 0.161 e. The van der Waals surface area contributed by atoms with Crippen LogP contribution in [0.5, 0.6) is 0 Å². The first kappa shape index (κ1) is 14.6. The van der Waals surface area contributed by atoms with Crippen LogP contribution in [-0.4, -0.2) is 4.98 Å². The minimum atomic E-state index is -0.399. The van der Waals surface area contributed by atoms with Crippen LogP contribution < -0.4 is 5.32 Å². The molecule has 1 N–H and O–H groups in total. The lowest BCUT2D eigenvalue weighted by Crippen LogP contribution is -2.10. The average molecular weight is 310 g/mol. The molecular weight excluding hydrogens is 300 g/mol. The van der Waals surface area contributed by atoms with Gasteiger partial charge in [-0.15, -0.1) is 0 Å². The number of benzene rings is 1. The van der Waals surface area contributed by atoms with E-state index in [1.165, 1.54) is 6.07 Å². The minimum absolute atomic E-state index is 0.114. The molecule has 0 spiro atoms. The Bertz CT molecular complexity index is 662. The van der Waals surface area contributed by atoms with Crippen molar-refractivity contribution in [2.75, 3.05) is 5.32 Å². The van der Waals surface area contributed by atoms with Gasteiger partial charge in [0, 0.05) is 10.6 Å². The molecule has 3 nitrogen and oxygen atoms in total. The van der Waals surface area contributed by atoms with Crippen molar-refractivity contribution in [2.45, 2.75) is 13.0 Å². The molecule has 0 saturated carbocycles. The molecular formula is C14H10Cl2FN3. The second-order valence-corrected chi connectivity index (χ2v) is 4.95. The van der Waals surface area contributed by atoms with Crippen LogP contribution in [0.3, 0.4) is 0 Å². The van der Waals surface area contributed by atoms with Gasteiger partial charge < -0.3 is 5.32 Å². The Labute approximate surface area is 126 Å². The molecule has 102 valence electrons. The molecule has 1 heterocycles. The highest BCUT2D eigenvalue weighted by molar-refractivity contribution is 6.31. The van der Waals surface area contributed by atoms with Crippen molar-refractivity contribution in [3.8, 4) is 6.07 Å². The molecule has 1 aromatic carbocycles. The van der Waals surface area contributed by atoms with E-state index in [9.17, 15) is 4.39 Å². The zero-order valence-corrected chi connectivity index (χ0v) is 12.0. The van der Waals surface area contributed by atoms with Gasteiger partial charge in [-0.2, -0.15) is 5.26 Å². The van der Waals surface area contributed by atoms with E-state index in [4.69, 9.17) is 28.5 Å². The van der Waals surface area contributed by atoms with Crippen molar-refractivity contribution < 1.29 is 4.39 Å². The summed E-state index contributed by atoms with van der Waals surface area (Å²) in [7, 11) is 0. The molecule has 1 atom stereocenters. The molecule has 1 aromatic heterocycles. The molecule has 2 rings (SSSR count). The summed E-state index contributed by atoms with van der Waals surface area (Å²) < 4.78 is 13.8. The molecule has 6 heteroatoms. The maximum atomic E-state index is 13.8. The van der Waals surface area contributed by atoms with Crippen molar-refractivity contribution in [2.24, 2.45) is 0 Å². The van der Waals surface area contributed by atoms with Crippen molar-refractivity contribution >= 4 is 29.0 Å². The predicted molar refractivity (Wildman–Crippen MR) is 77.4 cm³/mol. The van der Waals surface area contributed by atoms with Crippen LogP contribution in [0.2, 0.25) is 10.0 Å². The molecule has 0 amide bonds. The van der Waals surface area contributed by atoms with Crippen LogP contribution in [0.15, 0.2) is 30.3 Å². The molecule has 2 aromatic rings. The number of hydrogen-bond acceptors (Lipinski definition) is 3. The fourth-order valence-corrected chi connectivity index (χ4v) is 2.29. The maximum Gasteiger partial charge on any atom is 0.161 e. The quantitative estimate of drug-likeness (QED) is 0.903. The van der Waals surface area contributed by atoms with E-state index in [2.05, 4.69) is 10.3 Å². The first-order valence-corrected chi connectivity index (χ1v) is 6.55. The minimum Gasteiger partial charge on any atom is -0.363 e. The summed E-state index contributed by atoms with van der Waals surface area (Å²) in [6.07, 6.45) is 0. The second-order valence-electron chi connectivity index (χ2n) is 4.14. The van der Waals surface area contributed by atoms with E-state index in [-0.39, 0.29) is 10.7 Å². The topological polar surface area (TPSA) is 48.7 Å². The first-order valence-electron chi connectivity index (χ1n) is 5.80. The number of aromatic nitrogens is 1. The Morgan fingerprint density at radius 3 is 2.65 bits per heavy atom. The number of nitrogens with one attached hydrogen (secondary N) is 1. The summed E-state index contributed by atoms with van der Waals surface area (Å²) in [5.74, 6) is 0.0322. The fourth-order valence-electron chi connectivity index (χ4n) is 1.82. The first-order chi connectivity index (χ1) is 9.52. The highest BCUT2D eigenvalue weighted by Gasteiger charge is 2.15. The number of halogens is 3. The molecule has 1 unspecified atom stereocenters. The van der Waals surface area contributed by atoms with E-state index in [0.29, 0.717) is 16.4 Å². The van der Waals surface area contributed by atoms with Crippen LogP contribution in [0.1, 0.15) is 24.2 Å². The number of nitrogens with zero attached hydrogens (tertiary/aromatic N) is 2. The van der Waals surface area contributed by atoms with Crippen LogP contribution in [-0.2, 0) is 0 Å². The summed E-state index contributed by atoms with van der Waals surface area (Å²) in [4.78, 5) is 4.05. The lowest BCUT2D eigenvalue weighted by Gasteiger charge is -2.17. The largest absolute Gasteiger partial charge is 0.363 e. The van der Waals surface area contributed by atoms with Gasteiger partial charge in [-0.05, 0) is 31.2 Å². The molecule has 0 saturated heterocycles. The van der Waals surface area contributed by atoms with E-state index in [1.807, 2.05) is 6.07 Å². The highest BCUT2D eigenvalue weighted by atomic mass is 35.5. The van der Waals surface area contributed by atoms with E-state index in [0.717, 1.165) is 0 Å². The standard InChI is InChI=1S/C14H10Cl2FN3/c1-8(14-10(16)3-2-4-11(14)17)19-13-6-5-9(15)12(7-18)20-13/h2-6,8H,1H3,(H,19,20). The Hall–Kier alpha value is -1.83. The second kappa shape index (κ2) is 6.08. The third-order valence-corrected chi connectivity index (χ3v) is 3.38. The zero-order valence-electron chi connectivity index (χ0n) is 10.5. The summed E-state index contributed by atoms with van der Waals surface area (Å²) in [5, 5.41) is 12.5. The average Bonchev–Trinajstić information content (AvgIpc) is 2.40. The third-order valence-electron chi connectivity index (χ3n) is 2.75. The molecule has 0 radical (unpaired) electrons. The molecule has 0 aliphatic rings. The van der Waals surface area contributed by atoms with Gasteiger partial charge in [0.05, 0.1) is 11.1 Å². The lowest BCUT2D eigenvalue weighted by atomic mass is 10.1. The SMILES string of the molecule is CC(Nc1ccc(Cl)c(C#N)n1)c1c(F)cccc1Cl. The van der Waals surface area contributed by atoms with Gasteiger partial charge >= 0.3 is 0 Å². The van der Waals surface area contributed by atoms with Gasteiger partial charge in [0.15, 0.2) is 5.69 Å². The number of pyridine rings is 1. The van der Waals surface area contributed by atoms with Gasteiger partial charge in [-0.25, -0.2) is 9.37 Å². The van der Waals surface area contributed by atoms with Gasteiger partial charge in [-0.3, -0.25) is 0 Å². The van der Waals surface area contributed by atoms with E-state index < -0.39 is 11.9 Å². The Morgan fingerprint density at radius 1 is 1.25 bits per heavy atom. The molecule has 0 aliphatic carbocycles. The summed E-state index contributed by atoms with van der Waals surface area (Å²) in [6.45, 7) is 1.76. The Morgan fingerprint density at radius 2 is 2.00 bits per heavy atom. The number of nitriles is 1. The van der Waals surface area contributed by atoms with Crippen molar-refractivity contribution in [3.63, 3.8) is 0 Å². The maximum absolute atomic E-state index is 13.8. The van der Waals surface area contributed by atoms with Crippen LogP contribution >= 0.6 is 23.2 Å². The van der Waals surface area contributed by atoms with Crippen molar-refractivity contribution in [1.82, 2.24) is 4.98 Å². The molecule has 0 aliphatic heterocycles. The van der Waals surface area contributed by atoms with Crippen LogP contribution in [0, 0.1) is 17.1 Å². The summed E-state index contributed by atoms with van der Waals surface area (Å²) in [6, 6.07) is 9.17. The monoisotopic (exact) mass is 309 g/mol. The molecule has 0 bridgehead atoms. The zero-order chi connectivity index (χ0) is 14.7. The van der Waals surface area contributed by atoms with Crippen molar-refractivity contribution in [3.05, 3.63) is 57.5 Å². The van der Waals surface area contributed by atoms with E-state index in [1.54, 1.807) is 31.2 Å². The highest BCUT2D eigenvalue weighted by Crippen LogP contribution is 2.28. The molecule has 0 fully saturated rings. The van der Waals surface area contributed by atoms with Crippen LogP contribution in [0.25, 0.3) is 0 Å². The van der Waals surface area contributed by atoms with Crippen LogP contribution in [0.4, 0.5) is 10.2 Å².